The minimum absolute atomic E-state index is 0.205. The highest BCUT2D eigenvalue weighted by Crippen LogP contribution is 2.15. The Balaban J connectivity index is 1.74. The SMILES string of the molecule is COc1cccc(C(=O)NCc2nc(N(C)C)nc(N3CCOCC3)n2)c1. The van der Waals surface area contributed by atoms with Gasteiger partial charge in [-0.15, -0.1) is 0 Å². The average molecular weight is 372 g/mol. The molecule has 1 aromatic heterocycles. The molecule has 0 saturated carbocycles. The van der Waals surface area contributed by atoms with Gasteiger partial charge in [0.1, 0.15) is 5.75 Å². The van der Waals surface area contributed by atoms with E-state index in [9.17, 15) is 4.79 Å². The molecule has 9 nitrogen and oxygen atoms in total. The highest BCUT2D eigenvalue weighted by Gasteiger charge is 2.17. The van der Waals surface area contributed by atoms with Gasteiger partial charge in [0.05, 0.1) is 26.9 Å². The number of methoxy groups -OCH3 is 1. The molecule has 1 aliphatic rings. The number of ether oxygens (including phenoxy) is 2. The topological polar surface area (TPSA) is 92.7 Å². The van der Waals surface area contributed by atoms with Crippen LogP contribution in [0.2, 0.25) is 0 Å². The first-order valence-corrected chi connectivity index (χ1v) is 8.74. The summed E-state index contributed by atoms with van der Waals surface area (Å²) in [6.45, 7) is 2.95. The lowest BCUT2D eigenvalue weighted by molar-refractivity contribution is 0.0949. The number of nitrogens with zero attached hydrogens (tertiary/aromatic N) is 5. The summed E-state index contributed by atoms with van der Waals surface area (Å²) in [5, 5.41) is 2.85. The van der Waals surface area contributed by atoms with Gasteiger partial charge in [0.25, 0.3) is 5.91 Å². The van der Waals surface area contributed by atoms with Gasteiger partial charge in [-0.3, -0.25) is 4.79 Å². The number of benzene rings is 1. The van der Waals surface area contributed by atoms with Crippen molar-refractivity contribution in [3.63, 3.8) is 0 Å². The number of carbonyl (C=O) groups excluding carboxylic acids is 1. The smallest absolute Gasteiger partial charge is 0.251 e. The fourth-order valence-electron chi connectivity index (χ4n) is 2.60. The standard InChI is InChI=1S/C18H24N6O3/c1-23(2)17-20-15(21-18(22-17)24-7-9-27-10-8-24)12-19-16(25)13-5-4-6-14(11-13)26-3/h4-6,11H,7-10,12H2,1-3H3,(H,19,25). The van der Waals surface area contributed by atoms with E-state index in [1.165, 1.54) is 0 Å². The number of hydrogen-bond donors (Lipinski definition) is 1. The molecule has 0 unspecified atom stereocenters. The van der Waals surface area contributed by atoms with Crippen LogP contribution in [0.15, 0.2) is 24.3 Å². The van der Waals surface area contributed by atoms with Gasteiger partial charge < -0.3 is 24.6 Å². The molecular weight excluding hydrogens is 348 g/mol. The van der Waals surface area contributed by atoms with Crippen LogP contribution < -0.4 is 19.9 Å². The van der Waals surface area contributed by atoms with Crippen molar-refractivity contribution in [1.82, 2.24) is 20.3 Å². The van der Waals surface area contributed by atoms with E-state index in [0.29, 0.717) is 42.2 Å². The van der Waals surface area contributed by atoms with E-state index in [1.807, 2.05) is 19.0 Å². The van der Waals surface area contributed by atoms with Gasteiger partial charge in [0.15, 0.2) is 5.82 Å². The number of nitrogens with one attached hydrogen (secondary N) is 1. The van der Waals surface area contributed by atoms with E-state index in [2.05, 4.69) is 25.2 Å². The third-order valence-corrected chi connectivity index (χ3v) is 4.09. The molecule has 1 aliphatic heterocycles. The predicted molar refractivity (Wildman–Crippen MR) is 101 cm³/mol. The number of amides is 1. The number of aromatic nitrogens is 3. The molecule has 2 aromatic rings. The zero-order valence-corrected chi connectivity index (χ0v) is 15.8. The zero-order valence-electron chi connectivity index (χ0n) is 15.8. The van der Waals surface area contributed by atoms with Crippen molar-refractivity contribution >= 4 is 17.8 Å². The van der Waals surface area contributed by atoms with Gasteiger partial charge in [-0.2, -0.15) is 15.0 Å². The monoisotopic (exact) mass is 372 g/mol. The van der Waals surface area contributed by atoms with E-state index >= 15 is 0 Å². The van der Waals surface area contributed by atoms with Crippen molar-refractivity contribution in [3.8, 4) is 5.75 Å². The summed E-state index contributed by atoms with van der Waals surface area (Å²) in [6.07, 6.45) is 0. The normalized spacial score (nSPS) is 14.0. The fraction of sp³-hybridized carbons (Fsp3) is 0.444. The first-order chi connectivity index (χ1) is 13.1. The van der Waals surface area contributed by atoms with Crippen LogP contribution >= 0.6 is 0 Å². The van der Waals surface area contributed by atoms with Gasteiger partial charge in [-0.1, -0.05) is 6.07 Å². The molecule has 1 saturated heterocycles. The second-order valence-electron chi connectivity index (χ2n) is 6.26. The minimum Gasteiger partial charge on any atom is -0.497 e. The average Bonchev–Trinajstić information content (AvgIpc) is 2.72. The molecule has 3 rings (SSSR count). The lowest BCUT2D eigenvalue weighted by atomic mass is 10.2. The maximum Gasteiger partial charge on any atom is 0.251 e. The van der Waals surface area contributed by atoms with Crippen molar-refractivity contribution in [2.45, 2.75) is 6.54 Å². The van der Waals surface area contributed by atoms with Crippen molar-refractivity contribution < 1.29 is 14.3 Å². The third kappa shape index (κ3) is 4.82. The van der Waals surface area contributed by atoms with Gasteiger partial charge in [0, 0.05) is 32.7 Å². The Labute approximate surface area is 158 Å². The lowest BCUT2D eigenvalue weighted by Crippen LogP contribution is -2.38. The van der Waals surface area contributed by atoms with Crippen LogP contribution in [0.5, 0.6) is 5.75 Å². The quantitative estimate of drug-likeness (QED) is 0.793. The maximum absolute atomic E-state index is 12.4. The van der Waals surface area contributed by atoms with Crippen molar-refractivity contribution in [2.75, 3.05) is 57.3 Å². The molecule has 9 heteroatoms. The second kappa shape index (κ2) is 8.63. The predicted octanol–water partition coefficient (Wildman–Crippen LogP) is 0.713. The molecule has 0 atom stereocenters. The number of morpholine rings is 1. The lowest BCUT2D eigenvalue weighted by Gasteiger charge is -2.27. The van der Waals surface area contributed by atoms with Crippen LogP contribution in [0.4, 0.5) is 11.9 Å². The van der Waals surface area contributed by atoms with E-state index in [0.717, 1.165) is 13.1 Å². The molecule has 1 amide bonds. The highest BCUT2D eigenvalue weighted by atomic mass is 16.5. The Morgan fingerprint density at radius 3 is 2.74 bits per heavy atom. The van der Waals surface area contributed by atoms with Crippen LogP contribution in [-0.2, 0) is 11.3 Å². The molecule has 0 radical (unpaired) electrons. The summed E-state index contributed by atoms with van der Waals surface area (Å²) in [6, 6.07) is 6.99. The molecule has 1 fully saturated rings. The van der Waals surface area contributed by atoms with Gasteiger partial charge in [0.2, 0.25) is 11.9 Å². The molecule has 27 heavy (non-hydrogen) atoms. The largest absolute Gasteiger partial charge is 0.497 e. The van der Waals surface area contributed by atoms with Gasteiger partial charge in [-0.05, 0) is 18.2 Å². The second-order valence-corrected chi connectivity index (χ2v) is 6.26. The molecule has 144 valence electrons. The van der Waals surface area contributed by atoms with Gasteiger partial charge >= 0.3 is 0 Å². The van der Waals surface area contributed by atoms with Crippen molar-refractivity contribution in [2.24, 2.45) is 0 Å². The summed E-state index contributed by atoms with van der Waals surface area (Å²) >= 11 is 0. The summed E-state index contributed by atoms with van der Waals surface area (Å²) < 4.78 is 10.5. The maximum atomic E-state index is 12.4. The number of carbonyl (C=O) groups is 1. The third-order valence-electron chi connectivity index (χ3n) is 4.09. The molecule has 1 aromatic carbocycles. The van der Waals surface area contributed by atoms with Crippen LogP contribution in [0.1, 0.15) is 16.2 Å². The number of hydrogen-bond acceptors (Lipinski definition) is 8. The number of rotatable bonds is 6. The fourth-order valence-corrected chi connectivity index (χ4v) is 2.60. The molecule has 1 N–H and O–H groups in total. The molecule has 2 heterocycles. The van der Waals surface area contributed by atoms with Gasteiger partial charge in [-0.25, -0.2) is 0 Å². The molecule has 0 spiro atoms. The Morgan fingerprint density at radius 1 is 1.26 bits per heavy atom. The highest BCUT2D eigenvalue weighted by molar-refractivity contribution is 5.94. The molecular formula is C18H24N6O3. The van der Waals surface area contributed by atoms with Crippen LogP contribution in [0.3, 0.4) is 0 Å². The van der Waals surface area contributed by atoms with Crippen LogP contribution in [0, 0.1) is 0 Å². The summed E-state index contributed by atoms with van der Waals surface area (Å²) in [7, 11) is 5.31. The summed E-state index contributed by atoms with van der Waals surface area (Å²) in [5.74, 6) is 2.08. The van der Waals surface area contributed by atoms with Crippen LogP contribution in [-0.4, -0.2) is 68.4 Å². The zero-order chi connectivity index (χ0) is 19.2. The van der Waals surface area contributed by atoms with E-state index in [4.69, 9.17) is 9.47 Å². The number of anilines is 2. The first kappa shape index (κ1) is 18.8. The summed E-state index contributed by atoms with van der Waals surface area (Å²) in [4.78, 5) is 29.8. The Morgan fingerprint density at radius 2 is 2.04 bits per heavy atom. The molecule has 0 bridgehead atoms. The summed E-state index contributed by atoms with van der Waals surface area (Å²) in [5.41, 5.74) is 0.518. The van der Waals surface area contributed by atoms with E-state index in [1.54, 1.807) is 31.4 Å². The van der Waals surface area contributed by atoms with Crippen molar-refractivity contribution in [1.29, 1.82) is 0 Å². The minimum atomic E-state index is -0.214. The Bertz CT molecular complexity index is 792. The van der Waals surface area contributed by atoms with E-state index in [-0.39, 0.29) is 12.5 Å². The Hall–Kier alpha value is -2.94. The Kier molecular flexibility index (Phi) is 6.02. The van der Waals surface area contributed by atoms with Crippen molar-refractivity contribution in [3.05, 3.63) is 35.7 Å². The van der Waals surface area contributed by atoms with E-state index < -0.39 is 0 Å². The molecule has 0 aliphatic carbocycles. The first-order valence-electron chi connectivity index (χ1n) is 8.74. The van der Waals surface area contributed by atoms with Crippen LogP contribution in [0.25, 0.3) is 0 Å².